The summed E-state index contributed by atoms with van der Waals surface area (Å²) < 4.78 is 5.53. The van der Waals surface area contributed by atoms with Crippen LogP contribution in [-0.4, -0.2) is 46.0 Å². The molecule has 0 spiro atoms. The number of aromatic nitrogens is 2. The fourth-order valence-corrected chi connectivity index (χ4v) is 4.48. The second-order valence-corrected chi connectivity index (χ2v) is 9.23. The molecule has 1 N–H and O–H groups in total. The van der Waals surface area contributed by atoms with Crippen LogP contribution in [0.1, 0.15) is 23.9 Å². The second kappa shape index (κ2) is 9.14. The number of amides is 2. The zero-order chi connectivity index (χ0) is 21.1. The predicted octanol–water partition coefficient (Wildman–Crippen LogP) is 4.94. The van der Waals surface area contributed by atoms with Crippen LogP contribution in [0, 0.1) is 6.92 Å². The van der Waals surface area contributed by atoms with Crippen LogP contribution in [-0.2, 0) is 6.42 Å². The van der Waals surface area contributed by atoms with Crippen molar-refractivity contribution in [3.05, 3.63) is 70.0 Å². The van der Waals surface area contributed by atoms with Crippen molar-refractivity contribution in [3.63, 3.8) is 0 Å². The number of carbonyl (C=O) groups excluding carboxylic acids is 1. The van der Waals surface area contributed by atoms with E-state index in [1.54, 1.807) is 0 Å². The third kappa shape index (κ3) is 4.99. The number of hydrogen-bond donors (Lipinski definition) is 1. The number of nitrogens with zero attached hydrogens (tertiary/aromatic N) is 4. The van der Waals surface area contributed by atoms with Crippen LogP contribution in [0.4, 0.5) is 15.6 Å². The highest BCUT2D eigenvalue weighted by Crippen LogP contribution is 2.23. The molecule has 1 saturated heterocycles. The maximum atomic E-state index is 12.7. The molecule has 4 rings (SSSR count). The Kier molecular flexibility index (Phi) is 6.34. The molecule has 156 valence electrons. The van der Waals surface area contributed by atoms with Crippen LogP contribution < -0.4 is 10.2 Å². The number of anilines is 2. The summed E-state index contributed by atoms with van der Waals surface area (Å²) in [5, 5.41) is 3.91. The number of rotatable bonds is 4. The van der Waals surface area contributed by atoms with Gasteiger partial charge in [0.25, 0.3) is 0 Å². The molecule has 0 aliphatic carbocycles. The average molecular weight is 486 g/mol. The van der Waals surface area contributed by atoms with Crippen LogP contribution in [0.5, 0.6) is 0 Å². The summed E-state index contributed by atoms with van der Waals surface area (Å²) in [6.07, 6.45) is 0.738. The SMILES string of the molecule is Cc1ccc(Cc2nsc(N3CCN(C(=O)Nc4ccc(Br)cc4)C(C)C3)n2)cc1. The zero-order valence-electron chi connectivity index (χ0n) is 17.0. The number of urea groups is 1. The third-order valence-corrected chi connectivity index (χ3v) is 6.54. The lowest BCUT2D eigenvalue weighted by molar-refractivity contribution is 0.185. The van der Waals surface area contributed by atoms with Crippen molar-refractivity contribution in [3.8, 4) is 0 Å². The van der Waals surface area contributed by atoms with Crippen molar-refractivity contribution < 1.29 is 4.79 Å². The molecule has 6 nitrogen and oxygen atoms in total. The van der Waals surface area contributed by atoms with Gasteiger partial charge in [0.05, 0.1) is 0 Å². The van der Waals surface area contributed by atoms with E-state index in [1.165, 1.54) is 22.7 Å². The molecule has 30 heavy (non-hydrogen) atoms. The summed E-state index contributed by atoms with van der Waals surface area (Å²) in [6.45, 7) is 6.30. The van der Waals surface area contributed by atoms with Crippen LogP contribution in [0.15, 0.2) is 53.0 Å². The lowest BCUT2D eigenvalue weighted by Crippen LogP contribution is -2.55. The number of nitrogens with one attached hydrogen (secondary N) is 1. The van der Waals surface area contributed by atoms with E-state index in [0.29, 0.717) is 6.54 Å². The summed E-state index contributed by atoms with van der Waals surface area (Å²) in [6, 6.07) is 16.1. The van der Waals surface area contributed by atoms with Crippen molar-refractivity contribution in [2.24, 2.45) is 0 Å². The van der Waals surface area contributed by atoms with Crippen molar-refractivity contribution in [2.75, 3.05) is 29.9 Å². The highest BCUT2D eigenvalue weighted by atomic mass is 79.9. The van der Waals surface area contributed by atoms with E-state index in [2.05, 4.69) is 68.6 Å². The Morgan fingerprint density at radius 2 is 1.90 bits per heavy atom. The fourth-order valence-electron chi connectivity index (χ4n) is 3.50. The van der Waals surface area contributed by atoms with E-state index >= 15 is 0 Å². The molecule has 2 aromatic carbocycles. The first kappa shape index (κ1) is 20.8. The Morgan fingerprint density at radius 1 is 1.17 bits per heavy atom. The van der Waals surface area contributed by atoms with Gasteiger partial charge in [-0.25, -0.2) is 9.78 Å². The maximum absolute atomic E-state index is 12.7. The van der Waals surface area contributed by atoms with Gasteiger partial charge >= 0.3 is 6.03 Å². The molecule has 2 heterocycles. The highest BCUT2D eigenvalue weighted by Gasteiger charge is 2.29. The normalized spacial score (nSPS) is 16.6. The Morgan fingerprint density at radius 3 is 2.60 bits per heavy atom. The van der Waals surface area contributed by atoms with Gasteiger partial charge in [0.15, 0.2) is 0 Å². The van der Waals surface area contributed by atoms with Crippen molar-refractivity contribution in [1.29, 1.82) is 0 Å². The standard InChI is InChI=1S/C22H24BrN5OS/c1-15-3-5-17(6-4-15)13-20-25-22(30-26-20)27-11-12-28(16(2)14-27)21(29)24-19-9-7-18(23)8-10-19/h3-10,16H,11-14H2,1-2H3,(H,24,29). The van der Waals surface area contributed by atoms with Gasteiger partial charge in [0.2, 0.25) is 5.13 Å². The van der Waals surface area contributed by atoms with Crippen molar-refractivity contribution in [1.82, 2.24) is 14.3 Å². The van der Waals surface area contributed by atoms with Crippen LogP contribution in [0.2, 0.25) is 0 Å². The molecule has 1 atom stereocenters. The van der Waals surface area contributed by atoms with E-state index in [-0.39, 0.29) is 12.1 Å². The van der Waals surface area contributed by atoms with Gasteiger partial charge < -0.3 is 15.1 Å². The van der Waals surface area contributed by atoms with Gasteiger partial charge in [0, 0.05) is 53.8 Å². The minimum atomic E-state index is -0.0678. The molecule has 0 saturated carbocycles. The Balaban J connectivity index is 1.35. The molecule has 1 unspecified atom stereocenters. The minimum absolute atomic E-state index is 0.0678. The molecule has 0 radical (unpaired) electrons. The summed E-state index contributed by atoms with van der Waals surface area (Å²) in [5.74, 6) is 0.849. The molecular weight excluding hydrogens is 462 g/mol. The summed E-state index contributed by atoms with van der Waals surface area (Å²) in [4.78, 5) is 21.5. The van der Waals surface area contributed by atoms with E-state index in [0.717, 1.165) is 40.6 Å². The number of piperazine rings is 1. The van der Waals surface area contributed by atoms with Crippen LogP contribution >= 0.6 is 27.5 Å². The summed E-state index contributed by atoms with van der Waals surface area (Å²) in [5.41, 5.74) is 3.26. The number of halogens is 1. The number of benzene rings is 2. The van der Waals surface area contributed by atoms with Gasteiger partial charge in [-0.15, -0.1) is 0 Å². The summed E-state index contributed by atoms with van der Waals surface area (Å²) >= 11 is 4.85. The minimum Gasteiger partial charge on any atom is -0.343 e. The fraction of sp³-hybridized carbons (Fsp3) is 0.318. The van der Waals surface area contributed by atoms with E-state index in [1.807, 2.05) is 29.2 Å². The first-order valence-electron chi connectivity index (χ1n) is 9.94. The lowest BCUT2D eigenvalue weighted by atomic mass is 10.1. The largest absolute Gasteiger partial charge is 0.343 e. The number of aryl methyl sites for hydroxylation is 1. The van der Waals surface area contributed by atoms with Crippen molar-refractivity contribution >= 4 is 44.3 Å². The first-order valence-corrected chi connectivity index (χ1v) is 11.5. The smallest absolute Gasteiger partial charge is 0.322 e. The lowest BCUT2D eigenvalue weighted by Gasteiger charge is -2.39. The van der Waals surface area contributed by atoms with Gasteiger partial charge in [0.1, 0.15) is 5.82 Å². The summed E-state index contributed by atoms with van der Waals surface area (Å²) in [7, 11) is 0. The van der Waals surface area contributed by atoms with E-state index in [9.17, 15) is 4.79 Å². The number of carbonyl (C=O) groups is 1. The molecule has 3 aromatic rings. The highest BCUT2D eigenvalue weighted by molar-refractivity contribution is 9.10. The molecule has 8 heteroatoms. The van der Waals surface area contributed by atoms with Gasteiger partial charge in [-0.2, -0.15) is 4.37 Å². The Labute approximate surface area is 189 Å². The molecule has 2 amide bonds. The monoisotopic (exact) mass is 485 g/mol. The maximum Gasteiger partial charge on any atom is 0.322 e. The molecule has 0 bridgehead atoms. The van der Waals surface area contributed by atoms with E-state index in [4.69, 9.17) is 4.98 Å². The van der Waals surface area contributed by atoms with Gasteiger partial charge in [-0.1, -0.05) is 45.8 Å². The Bertz CT molecular complexity index is 1010. The Hall–Kier alpha value is -2.45. The van der Waals surface area contributed by atoms with Crippen LogP contribution in [0.25, 0.3) is 0 Å². The molecular formula is C22H24BrN5OS. The molecule has 1 aliphatic rings. The number of hydrogen-bond acceptors (Lipinski definition) is 5. The van der Waals surface area contributed by atoms with Gasteiger partial charge in [-0.3, -0.25) is 0 Å². The molecule has 1 aliphatic heterocycles. The topological polar surface area (TPSA) is 61.4 Å². The average Bonchev–Trinajstić information content (AvgIpc) is 3.20. The molecule has 1 fully saturated rings. The predicted molar refractivity (Wildman–Crippen MR) is 125 cm³/mol. The van der Waals surface area contributed by atoms with E-state index < -0.39 is 0 Å². The first-order chi connectivity index (χ1) is 14.5. The van der Waals surface area contributed by atoms with Gasteiger partial charge in [-0.05, 0) is 43.7 Å². The second-order valence-electron chi connectivity index (χ2n) is 7.58. The van der Waals surface area contributed by atoms with Crippen LogP contribution in [0.3, 0.4) is 0 Å². The molecule has 1 aromatic heterocycles. The quantitative estimate of drug-likeness (QED) is 0.568. The van der Waals surface area contributed by atoms with Crippen molar-refractivity contribution in [2.45, 2.75) is 26.3 Å². The third-order valence-electron chi connectivity index (χ3n) is 5.19. The zero-order valence-corrected chi connectivity index (χ0v) is 19.4.